The van der Waals surface area contributed by atoms with Gasteiger partial charge >= 0.3 is 123 Å². The standard InChI is InChI=1S/C32H32N2O6SSe/c1-21-7-4-5-8-26(21)40-41(37,38)28-19-27-30(22-12-16-25(35)17-13-22)31(32(28)39-27)23-10-14-24(15-11-23)34-29(36)9-3-2-6-18-42-20-33/h4-5,7-8,10-17,27-28,32,35H,2-3,6,9,18-19H2,1H3,(H,34,36). The van der Waals surface area contributed by atoms with Crippen molar-refractivity contribution in [2.45, 2.75) is 61.8 Å². The molecule has 2 N–H and O–H groups in total. The van der Waals surface area contributed by atoms with Crippen molar-refractivity contribution in [2.24, 2.45) is 0 Å². The van der Waals surface area contributed by atoms with Crippen LogP contribution in [0.4, 0.5) is 5.69 Å². The molecule has 1 amide bonds. The number of fused-ring (bicyclic) bond motifs is 2. The molecule has 1 saturated heterocycles. The molecule has 3 aromatic carbocycles. The van der Waals surface area contributed by atoms with Crippen molar-refractivity contribution in [1.29, 1.82) is 5.26 Å². The molecule has 0 radical (unpaired) electrons. The molecule has 42 heavy (non-hydrogen) atoms. The average Bonchev–Trinajstić information content (AvgIpc) is 3.57. The second-order valence-electron chi connectivity index (χ2n) is 10.4. The van der Waals surface area contributed by atoms with Crippen LogP contribution in [-0.2, 0) is 19.6 Å². The third-order valence-electron chi connectivity index (χ3n) is 7.53. The average molecular weight is 652 g/mol. The van der Waals surface area contributed by atoms with Crippen molar-refractivity contribution in [2.75, 3.05) is 5.32 Å². The number of aromatic hydroxyl groups is 1. The number of aryl methyl sites for hydroxylation is 1. The van der Waals surface area contributed by atoms with E-state index < -0.39 is 27.6 Å². The van der Waals surface area contributed by atoms with Gasteiger partial charge in [-0.2, -0.15) is 8.42 Å². The van der Waals surface area contributed by atoms with E-state index in [4.69, 9.17) is 14.2 Å². The van der Waals surface area contributed by atoms with Crippen LogP contribution in [-0.4, -0.2) is 51.8 Å². The third kappa shape index (κ3) is 6.71. The summed E-state index contributed by atoms with van der Waals surface area (Å²) in [6.45, 7) is 1.80. The van der Waals surface area contributed by atoms with Gasteiger partial charge in [0.25, 0.3) is 0 Å². The molecule has 0 spiro atoms. The van der Waals surface area contributed by atoms with Crippen molar-refractivity contribution < 1.29 is 27.2 Å². The number of ether oxygens (including phenoxy) is 1. The molecule has 3 atom stereocenters. The summed E-state index contributed by atoms with van der Waals surface area (Å²) < 4.78 is 39.0. The van der Waals surface area contributed by atoms with Gasteiger partial charge in [0.15, 0.2) is 0 Å². The number of nitrogens with one attached hydrogen (secondary N) is 1. The summed E-state index contributed by atoms with van der Waals surface area (Å²) in [5.41, 5.74) is 4.66. The maximum absolute atomic E-state index is 13.5. The Hall–Kier alpha value is -3.61. The van der Waals surface area contributed by atoms with Crippen LogP contribution in [0.5, 0.6) is 11.5 Å². The Morgan fingerprint density at radius 1 is 1.02 bits per heavy atom. The Bertz CT molecular complexity index is 1610. The minimum absolute atomic E-state index is 0.0314. The van der Waals surface area contributed by atoms with E-state index >= 15 is 0 Å². The molecular formula is C32H32N2O6SSe. The van der Waals surface area contributed by atoms with Crippen LogP contribution in [0.1, 0.15) is 48.8 Å². The van der Waals surface area contributed by atoms with Crippen LogP contribution >= 0.6 is 0 Å². The number of nitrogens with zero attached hydrogens (tertiary/aromatic N) is 1. The second-order valence-corrected chi connectivity index (χ2v) is 14.0. The zero-order valence-corrected chi connectivity index (χ0v) is 25.7. The number of carbonyl (C=O) groups excluding carboxylic acids is 1. The van der Waals surface area contributed by atoms with Gasteiger partial charge in [0.2, 0.25) is 0 Å². The molecule has 10 heteroatoms. The molecule has 8 nitrogen and oxygen atoms in total. The van der Waals surface area contributed by atoms with Gasteiger partial charge in [0.1, 0.15) is 22.9 Å². The summed E-state index contributed by atoms with van der Waals surface area (Å²) in [7, 11) is -4.03. The Labute approximate surface area is 252 Å². The van der Waals surface area contributed by atoms with E-state index in [0.29, 0.717) is 17.9 Å². The van der Waals surface area contributed by atoms with Gasteiger partial charge in [-0.15, -0.1) is 0 Å². The normalized spacial score (nSPS) is 19.5. The number of rotatable bonds is 12. The van der Waals surface area contributed by atoms with E-state index in [2.05, 4.69) is 10.3 Å². The van der Waals surface area contributed by atoms with Crippen LogP contribution in [0.15, 0.2) is 72.8 Å². The number of para-hydroxylation sites is 1. The molecule has 2 bridgehead atoms. The van der Waals surface area contributed by atoms with E-state index in [-0.39, 0.29) is 33.0 Å². The van der Waals surface area contributed by atoms with Crippen molar-refractivity contribution in [1.82, 2.24) is 0 Å². The number of nitriles is 1. The quantitative estimate of drug-likeness (QED) is 0.147. The first-order chi connectivity index (χ1) is 20.3. The number of benzene rings is 3. The summed E-state index contributed by atoms with van der Waals surface area (Å²) in [6.07, 6.45) is 2.13. The second kappa shape index (κ2) is 13.1. The minimum atomic E-state index is -4.03. The number of anilines is 1. The fourth-order valence-electron chi connectivity index (χ4n) is 5.47. The van der Waals surface area contributed by atoms with Gasteiger partial charge in [-0.05, 0) is 41.8 Å². The number of hydrogen-bond acceptors (Lipinski definition) is 7. The maximum Gasteiger partial charge on any atom is 0.115 e. The van der Waals surface area contributed by atoms with Crippen molar-refractivity contribution in [3.63, 3.8) is 0 Å². The van der Waals surface area contributed by atoms with Gasteiger partial charge < -0.3 is 14.0 Å². The van der Waals surface area contributed by atoms with Gasteiger partial charge in [-0.3, -0.25) is 0 Å². The third-order valence-corrected chi connectivity index (χ3v) is 10.4. The molecule has 0 aliphatic carbocycles. The molecule has 5 rings (SSSR count). The Kier molecular flexibility index (Phi) is 9.34. The van der Waals surface area contributed by atoms with Crippen LogP contribution in [0.25, 0.3) is 11.1 Å². The molecule has 1 fully saturated rings. The van der Waals surface area contributed by atoms with Gasteiger partial charge in [-0.1, -0.05) is 30.3 Å². The van der Waals surface area contributed by atoms with E-state index in [9.17, 15) is 18.3 Å². The molecule has 0 saturated carbocycles. The van der Waals surface area contributed by atoms with E-state index in [0.717, 1.165) is 52.4 Å². The zero-order valence-electron chi connectivity index (χ0n) is 23.2. The number of carbonyl (C=O) groups is 1. The first kappa shape index (κ1) is 29.9. The molecule has 2 aliphatic heterocycles. The predicted molar refractivity (Wildman–Crippen MR) is 162 cm³/mol. The first-order valence-electron chi connectivity index (χ1n) is 13.9. The van der Waals surface area contributed by atoms with Crippen molar-refractivity contribution in [3.05, 3.63) is 89.5 Å². The Morgan fingerprint density at radius 2 is 1.71 bits per heavy atom. The summed E-state index contributed by atoms with van der Waals surface area (Å²) in [6, 6.07) is 21.2. The van der Waals surface area contributed by atoms with Crippen molar-refractivity contribution >= 4 is 47.8 Å². The zero-order chi connectivity index (χ0) is 29.7. The topological polar surface area (TPSA) is 126 Å². The monoisotopic (exact) mass is 652 g/mol. The van der Waals surface area contributed by atoms with Crippen molar-refractivity contribution in [3.8, 4) is 16.5 Å². The van der Waals surface area contributed by atoms with Crippen LogP contribution in [0.3, 0.4) is 0 Å². The number of amides is 1. The van der Waals surface area contributed by atoms with Crippen LogP contribution in [0.2, 0.25) is 5.32 Å². The summed E-state index contributed by atoms with van der Waals surface area (Å²) in [5, 5.41) is 21.4. The number of hydrogen-bond donors (Lipinski definition) is 2. The fraction of sp³-hybridized carbons (Fsp3) is 0.312. The number of unbranched alkanes of at least 4 members (excludes halogenated alkanes) is 2. The smallest absolute Gasteiger partial charge is 0.115 e. The van der Waals surface area contributed by atoms with Crippen LogP contribution < -0.4 is 9.50 Å². The van der Waals surface area contributed by atoms with E-state index in [1.807, 2.05) is 30.3 Å². The van der Waals surface area contributed by atoms with Gasteiger partial charge in [0, 0.05) is 6.42 Å². The molecule has 2 heterocycles. The minimum Gasteiger partial charge on any atom is -0.508 e. The Morgan fingerprint density at radius 3 is 2.43 bits per heavy atom. The molecular weight excluding hydrogens is 619 g/mol. The van der Waals surface area contributed by atoms with E-state index in [1.165, 1.54) is 0 Å². The molecule has 3 unspecified atom stereocenters. The first-order valence-corrected chi connectivity index (χ1v) is 17.4. The summed E-state index contributed by atoms with van der Waals surface area (Å²) in [5.74, 6) is 0.369. The molecule has 3 aromatic rings. The number of phenolic OH excluding ortho intramolecular Hbond substituents is 1. The predicted octanol–water partition coefficient (Wildman–Crippen LogP) is 5.66. The largest absolute Gasteiger partial charge is 0.508 e. The molecule has 2 aliphatic rings. The van der Waals surface area contributed by atoms with E-state index in [1.54, 1.807) is 49.4 Å². The fourth-order valence-corrected chi connectivity index (χ4v) is 7.87. The van der Waals surface area contributed by atoms with Crippen LogP contribution in [0, 0.1) is 17.2 Å². The SMILES string of the molecule is Cc1ccccc1OS(=O)(=O)C1CC2OC1C(c1ccc(NC(=O)CCCCC[Se]C#N)cc1)=C2c1ccc(O)cc1. The summed E-state index contributed by atoms with van der Waals surface area (Å²) >= 11 is 0.0314. The number of phenols is 1. The van der Waals surface area contributed by atoms with Gasteiger partial charge in [-0.25, -0.2) is 0 Å². The molecule has 0 aromatic heterocycles. The summed E-state index contributed by atoms with van der Waals surface area (Å²) in [4.78, 5) is 14.6. The maximum atomic E-state index is 13.5. The van der Waals surface area contributed by atoms with Gasteiger partial charge in [0.05, 0.1) is 6.10 Å². The Balaban J connectivity index is 1.37. The molecule has 218 valence electrons.